The highest BCUT2D eigenvalue weighted by Crippen LogP contribution is 2.21. The van der Waals surface area contributed by atoms with Crippen molar-refractivity contribution in [1.29, 1.82) is 0 Å². The molecule has 1 rings (SSSR count). The van der Waals surface area contributed by atoms with Crippen LogP contribution in [0.4, 0.5) is 4.79 Å². The molecule has 1 saturated carbocycles. The average Bonchev–Trinajstić information content (AvgIpc) is 2.25. The van der Waals surface area contributed by atoms with Gasteiger partial charge in [-0.2, -0.15) is 0 Å². The molecule has 19 heavy (non-hydrogen) atoms. The molecule has 0 radical (unpaired) electrons. The predicted octanol–water partition coefficient (Wildman–Crippen LogP) is 1.92. The number of carbonyl (C=O) groups excluding carboxylic acids is 1. The first kappa shape index (κ1) is 15.8. The minimum Gasteiger partial charge on any atom is -0.480 e. The van der Waals surface area contributed by atoms with E-state index >= 15 is 0 Å². The molecule has 1 aliphatic carbocycles. The van der Waals surface area contributed by atoms with Gasteiger partial charge >= 0.3 is 12.1 Å². The Bertz CT molecular complexity index is 315. The smallest absolute Gasteiger partial charge is 0.407 e. The number of rotatable bonds is 4. The van der Waals surface area contributed by atoms with Crippen molar-refractivity contribution in [2.24, 2.45) is 0 Å². The van der Waals surface area contributed by atoms with Crippen LogP contribution in [-0.4, -0.2) is 41.5 Å². The van der Waals surface area contributed by atoms with Gasteiger partial charge in [-0.1, -0.05) is 0 Å². The van der Waals surface area contributed by atoms with Crippen molar-refractivity contribution in [3.8, 4) is 0 Å². The number of carboxylic acid groups (broad SMARTS) is 1. The number of amides is 1. The summed E-state index contributed by atoms with van der Waals surface area (Å²) >= 11 is 0. The molecular weight excluding hydrogens is 250 g/mol. The second-order valence-corrected chi connectivity index (χ2v) is 5.82. The first-order chi connectivity index (χ1) is 8.76. The monoisotopic (exact) mass is 273 g/mol. The van der Waals surface area contributed by atoms with Gasteiger partial charge in [-0.25, -0.2) is 9.59 Å². The number of carbonyl (C=O) groups is 2. The normalized spacial score (nSPS) is 23.7. The van der Waals surface area contributed by atoms with E-state index in [1.54, 1.807) is 0 Å². The molecular formula is C13H23NO5. The molecule has 0 aromatic carbocycles. The lowest BCUT2D eigenvalue weighted by Crippen LogP contribution is -2.42. The number of ether oxygens (including phenoxy) is 2. The standard InChI is InChI=1S/C13H23NO5/c1-13(2,3)19-12(17)14-9-4-6-10(7-5-9)18-8-11(15)16/h9-10H,4-8H2,1-3H3,(H,14,17)(H,15,16)/t9-,10+. The maximum atomic E-state index is 11.6. The molecule has 6 heteroatoms. The summed E-state index contributed by atoms with van der Waals surface area (Å²) < 4.78 is 10.4. The Morgan fingerprint density at radius 3 is 2.26 bits per heavy atom. The Morgan fingerprint density at radius 1 is 1.21 bits per heavy atom. The van der Waals surface area contributed by atoms with E-state index < -0.39 is 17.7 Å². The third kappa shape index (κ3) is 7.00. The summed E-state index contributed by atoms with van der Waals surface area (Å²) in [5.74, 6) is -0.950. The molecule has 2 N–H and O–H groups in total. The highest BCUT2D eigenvalue weighted by Gasteiger charge is 2.25. The molecule has 1 amide bonds. The van der Waals surface area contributed by atoms with E-state index in [1.807, 2.05) is 20.8 Å². The molecule has 1 fully saturated rings. The summed E-state index contributed by atoms with van der Waals surface area (Å²) in [6.45, 7) is 5.21. The highest BCUT2D eigenvalue weighted by molar-refractivity contribution is 5.68. The van der Waals surface area contributed by atoms with E-state index in [0.717, 1.165) is 25.7 Å². The van der Waals surface area contributed by atoms with Crippen LogP contribution in [0.15, 0.2) is 0 Å². The van der Waals surface area contributed by atoms with Crippen LogP contribution in [0.3, 0.4) is 0 Å². The van der Waals surface area contributed by atoms with Gasteiger partial charge in [0.1, 0.15) is 12.2 Å². The van der Waals surface area contributed by atoms with Crippen LogP contribution < -0.4 is 5.32 Å². The fraction of sp³-hybridized carbons (Fsp3) is 0.846. The van der Waals surface area contributed by atoms with Crippen LogP contribution in [0.25, 0.3) is 0 Å². The third-order valence-electron chi connectivity index (χ3n) is 2.84. The first-order valence-electron chi connectivity index (χ1n) is 6.59. The van der Waals surface area contributed by atoms with Crippen molar-refractivity contribution in [3.63, 3.8) is 0 Å². The van der Waals surface area contributed by atoms with Gasteiger partial charge in [-0.05, 0) is 46.5 Å². The molecule has 0 spiro atoms. The zero-order chi connectivity index (χ0) is 14.5. The van der Waals surface area contributed by atoms with Crippen LogP contribution in [0, 0.1) is 0 Å². The minimum absolute atomic E-state index is 0.0206. The van der Waals surface area contributed by atoms with Gasteiger partial charge in [0, 0.05) is 6.04 Å². The molecule has 0 atom stereocenters. The molecule has 6 nitrogen and oxygen atoms in total. The second kappa shape index (κ2) is 6.75. The summed E-state index contributed by atoms with van der Waals surface area (Å²) in [4.78, 5) is 22.0. The number of nitrogens with one attached hydrogen (secondary N) is 1. The lowest BCUT2D eigenvalue weighted by atomic mass is 9.93. The molecule has 0 heterocycles. The van der Waals surface area contributed by atoms with Crippen molar-refractivity contribution in [2.75, 3.05) is 6.61 Å². The van der Waals surface area contributed by atoms with E-state index in [9.17, 15) is 9.59 Å². The van der Waals surface area contributed by atoms with E-state index in [2.05, 4.69) is 5.32 Å². The summed E-state index contributed by atoms with van der Waals surface area (Å²) in [6, 6.07) is 0.0829. The largest absolute Gasteiger partial charge is 0.480 e. The van der Waals surface area contributed by atoms with Gasteiger partial charge in [-0.3, -0.25) is 0 Å². The van der Waals surface area contributed by atoms with Gasteiger partial charge in [0.2, 0.25) is 0 Å². The van der Waals surface area contributed by atoms with Crippen molar-refractivity contribution < 1.29 is 24.2 Å². The van der Waals surface area contributed by atoms with Crippen LogP contribution in [0.2, 0.25) is 0 Å². The van der Waals surface area contributed by atoms with Gasteiger partial charge in [0.05, 0.1) is 6.10 Å². The van der Waals surface area contributed by atoms with Gasteiger partial charge < -0.3 is 19.9 Å². The first-order valence-corrected chi connectivity index (χ1v) is 6.59. The molecule has 0 bridgehead atoms. The van der Waals surface area contributed by atoms with E-state index in [-0.39, 0.29) is 18.8 Å². The van der Waals surface area contributed by atoms with Crippen molar-refractivity contribution in [2.45, 2.75) is 64.2 Å². The number of alkyl carbamates (subject to hydrolysis) is 1. The zero-order valence-electron chi connectivity index (χ0n) is 11.8. The lowest BCUT2D eigenvalue weighted by Gasteiger charge is -2.29. The van der Waals surface area contributed by atoms with Crippen LogP contribution in [0.1, 0.15) is 46.5 Å². The third-order valence-corrected chi connectivity index (χ3v) is 2.84. The number of aliphatic carboxylic acids is 1. The average molecular weight is 273 g/mol. The zero-order valence-corrected chi connectivity index (χ0v) is 11.8. The predicted molar refractivity (Wildman–Crippen MR) is 69.0 cm³/mol. The Balaban J connectivity index is 2.23. The SMILES string of the molecule is CC(C)(C)OC(=O)N[C@H]1CC[C@@H](OCC(=O)O)CC1. The Kier molecular flexibility index (Phi) is 5.60. The molecule has 110 valence electrons. The lowest BCUT2D eigenvalue weighted by molar-refractivity contribution is -0.145. The molecule has 0 aromatic heterocycles. The van der Waals surface area contributed by atoms with E-state index in [4.69, 9.17) is 14.6 Å². The molecule has 0 saturated heterocycles. The molecule has 0 aliphatic heterocycles. The Morgan fingerprint density at radius 2 is 1.79 bits per heavy atom. The minimum atomic E-state index is -0.950. The summed E-state index contributed by atoms with van der Waals surface area (Å²) in [7, 11) is 0. The van der Waals surface area contributed by atoms with Crippen LogP contribution in [0.5, 0.6) is 0 Å². The van der Waals surface area contributed by atoms with Gasteiger partial charge in [-0.15, -0.1) is 0 Å². The summed E-state index contributed by atoms with van der Waals surface area (Å²) in [5.41, 5.74) is -0.494. The van der Waals surface area contributed by atoms with Crippen molar-refractivity contribution in [3.05, 3.63) is 0 Å². The topological polar surface area (TPSA) is 84.9 Å². The van der Waals surface area contributed by atoms with Crippen LogP contribution >= 0.6 is 0 Å². The number of hydrogen-bond acceptors (Lipinski definition) is 4. The Labute approximate surface area is 113 Å². The fourth-order valence-corrected chi connectivity index (χ4v) is 2.04. The molecule has 1 aliphatic rings. The van der Waals surface area contributed by atoms with Crippen molar-refractivity contribution >= 4 is 12.1 Å². The van der Waals surface area contributed by atoms with Gasteiger partial charge in [0.15, 0.2) is 0 Å². The summed E-state index contributed by atoms with van der Waals surface area (Å²) in [6.07, 6.45) is 2.66. The van der Waals surface area contributed by atoms with E-state index in [1.165, 1.54) is 0 Å². The molecule has 0 aromatic rings. The maximum Gasteiger partial charge on any atom is 0.407 e. The summed E-state index contributed by atoms with van der Waals surface area (Å²) in [5, 5.41) is 11.4. The second-order valence-electron chi connectivity index (χ2n) is 5.82. The van der Waals surface area contributed by atoms with E-state index in [0.29, 0.717) is 0 Å². The van der Waals surface area contributed by atoms with Crippen molar-refractivity contribution in [1.82, 2.24) is 5.32 Å². The van der Waals surface area contributed by atoms with Crippen LogP contribution in [-0.2, 0) is 14.3 Å². The number of carboxylic acids is 1. The number of hydrogen-bond donors (Lipinski definition) is 2. The molecule has 0 unspecified atom stereocenters. The quantitative estimate of drug-likeness (QED) is 0.817. The fourth-order valence-electron chi connectivity index (χ4n) is 2.04. The van der Waals surface area contributed by atoms with Gasteiger partial charge in [0.25, 0.3) is 0 Å². The Hall–Kier alpha value is -1.30. The maximum absolute atomic E-state index is 11.6. The highest BCUT2D eigenvalue weighted by atomic mass is 16.6.